The summed E-state index contributed by atoms with van der Waals surface area (Å²) in [7, 11) is 0. The van der Waals surface area contributed by atoms with Crippen molar-refractivity contribution in [3.8, 4) is 0 Å². The van der Waals surface area contributed by atoms with Gasteiger partial charge in [-0.15, -0.1) is 6.58 Å². The van der Waals surface area contributed by atoms with Crippen molar-refractivity contribution in [1.82, 2.24) is 14.6 Å². The molecule has 6 nitrogen and oxygen atoms in total. The second-order valence-electron chi connectivity index (χ2n) is 3.32. The van der Waals surface area contributed by atoms with E-state index in [-0.39, 0.29) is 0 Å². The van der Waals surface area contributed by atoms with E-state index in [0.29, 0.717) is 28.9 Å². The number of carbonyl (C=O) groups excluding carboxylic acids is 1. The Hall–Kier alpha value is -2.37. The molecule has 0 radical (unpaired) electrons. The van der Waals surface area contributed by atoms with Crippen LogP contribution in [0.5, 0.6) is 0 Å². The molecule has 0 unspecified atom stereocenters. The van der Waals surface area contributed by atoms with Crippen LogP contribution < -0.4 is 11.5 Å². The van der Waals surface area contributed by atoms with Crippen LogP contribution in [-0.2, 0) is 6.42 Å². The summed E-state index contributed by atoms with van der Waals surface area (Å²) in [6, 6.07) is 0. The van der Waals surface area contributed by atoms with Crippen LogP contribution in [0.25, 0.3) is 5.52 Å². The van der Waals surface area contributed by atoms with Gasteiger partial charge in [-0.05, 0) is 12.0 Å². The first-order valence-corrected chi connectivity index (χ1v) is 4.66. The van der Waals surface area contributed by atoms with Gasteiger partial charge in [0, 0.05) is 6.20 Å². The first-order valence-electron chi connectivity index (χ1n) is 4.66. The minimum absolute atomic E-state index is 0.319. The van der Waals surface area contributed by atoms with Gasteiger partial charge in [-0.3, -0.25) is 4.79 Å². The van der Waals surface area contributed by atoms with Crippen molar-refractivity contribution in [2.24, 2.45) is 5.73 Å². The summed E-state index contributed by atoms with van der Waals surface area (Å²) in [6.45, 7) is 3.63. The molecular formula is C10H11N5O. The summed E-state index contributed by atoms with van der Waals surface area (Å²) < 4.78 is 1.50. The Morgan fingerprint density at radius 1 is 1.62 bits per heavy atom. The molecule has 0 spiro atoms. The first kappa shape index (κ1) is 10.2. The van der Waals surface area contributed by atoms with E-state index in [9.17, 15) is 4.79 Å². The van der Waals surface area contributed by atoms with E-state index < -0.39 is 5.91 Å². The van der Waals surface area contributed by atoms with Crippen molar-refractivity contribution in [3.05, 3.63) is 36.3 Å². The predicted molar refractivity (Wildman–Crippen MR) is 59.8 cm³/mol. The van der Waals surface area contributed by atoms with E-state index in [1.165, 1.54) is 10.8 Å². The minimum atomic E-state index is -0.512. The molecule has 0 atom stereocenters. The molecule has 0 aromatic carbocycles. The summed E-state index contributed by atoms with van der Waals surface area (Å²) in [4.78, 5) is 15.1. The number of carbonyl (C=O) groups is 1. The van der Waals surface area contributed by atoms with Crippen LogP contribution in [0.1, 0.15) is 15.9 Å². The van der Waals surface area contributed by atoms with E-state index >= 15 is 0 Å². The van der Waals surface area contributed by atoms with Crippen LogP contribution in [0.2, 0.25) is 0 Å². The van der Waals surface area contributed by atoms with E-state index in [0.717, 1.165) is 0 Å². The van der Waals surface area contributed by atoms with E-state index in [1.54, 1.807) is 12.3 Å². The van der Waals surface area contributed by atoms with Gasteiger partial charge in [0.05, 0.1) is 5.56 Å². The predicted octanol–water partition coefficient (Wildman–Crippen LogP) is 0.139. The van der Waals surface area contributed by atoms with Gasteiger partial charge in [-0.1, -0.05) is 6.08 Å². The third kappa shape index (κ3) is 1.40. The number of hydrogen-bond acceptors (Lipinski definition) is 4. The number of allylic oxidation sites excluding steroid dienone is 1. The molecule has 0 bridgehead atoms. The fraction of sp³-hybridized carbons (Fsp3) is 0.100. The van der Waals surface area contributed by atoms with Crippen molar-refractivity contribution in [1.29, 1.82) is 0 Å². The van der Waals surface area contributed by atoms with Gasteiger partial charge < -0.3 is 11.5 Å². The molecule has 0 aliphatic rings. The fourth-order valence-corrected chi connectivity index (χ4v) is 1.66. The number of primary amides is 1. The molecular weight excluding hydrogens is 206 g/mol. The summed E-state index contributed by atoms with van der Waals surface area (Å²) in [6.07, 6.45) is 5.04. The van der Waals surface area contributed by atoms with Crippen LogP contribution >= 0.6 is 0 Å². The third-order valence-corrected chi connectivity index (χ3v) is 2.32. The molecule has 2 rings (SSSR count). The smallest absolute Gasteiger partial charge is 0.250 e. The molecule has 0 fully saturated rings. The first-order chi connectivity index (χ1) is 7.65. The highest BCUT2D eigenvalue weighted by atomic mass is 16.1. The van der Waals surface area contributed by atoms with Crippen LogP contribution in [0, 0.1) is 0 Å². The largest absolute Gasteiger partial charge is 0.382 e. The standard InChI is InChI=1S/C10H11N5O/c1-2-3-6-7(10(12)16)4-15-8(6)9(11)13-5-14-15/h2,4-5H,1,3H2,(H2,12,16)(H2,11,13,14). The molecule has 16 heavy (non-hydrogen) atoms. The second kappa shape index (κ2) is 3.65. The van der Waals surface area contributed by atoms with E-state index in [4.69, 9.17) is 11.5 Å². The van der Waals surface area contributed by atoms with Crippen LogP contribution in [-0.4, -0.2) is 20.5 Å². The van der Waals surface area contributed by atoms with Crippen LogP contribution in [0.4, 0.5) is 5.82 Å². The lowest BCUT2D eigenvalue weighted by Crippen LogP contribution is -2.11. The Bertz CT molecular complexity index is 572. The summed E-state index contributed by atoms with van der Waals surface area (Å²) in [5.41, 5.74) is 12.7. The quantitative estimate of drug-likeness (QED) is 0.714. The molecule has 1 amide bonds. The highest BCUT2D eigenvalue weighted by Gasteiger charge is 2.16. The summed E-state index contributed by atoms with van der Waals surface area (Å²) >= 11 is 0. The summed E-state index contributed by atoms with van der Waals surface area (Å²) in [5.74, 6) is -0.193. The number of nitrogen functional groups attached to an aromatic ring is 1. The number of hydrogen-bond donors (Lipinski definition) is 2. The van der Waals surface area contributed by atoms with Gasteiger partial charge in [-0.2, -0.15) is 5.10 Å². The number of aromatic nitrogens is 3. The Morgan fingerprint density at radius 3 is 3.00 bits per heavy atom. The molecule has 0 saturated heterocycles. The zero-order chi connectivity index (χ0) is 11.7. The van der Waals surface area contributed by atoms with Crippen molar-refractivity contribution in [3.63, 3.8) is 0 Å². The molecule has 82 valence electrons. The molecule has 2 aromatic rings. The van der Waals surface area contributed by atoms with Crippen molar-refractivity contribution < 1.29 is 4.79 Å². The van der Waals surface area contributed by atoms with E-state index in [1.807, 2.05) is 0 Å². The maximum atomic E-state index is 11.3. The topological polar surface area (TPSA) is 99.3 Å². The number of rotatable bonds is 3. The second-order valence-corrected chi connectivity index (χ2v) is 3.32. The molecule has 0 aliphatic heterocycles. The fourth-order valence-electron chi connectivity index (χ4n) is 1.66. The average molecular weight is 217 g/mol. The number of anilines is 1. The van der Waals surface area contributed by atoms with Crippen molar-refractivity contribution in [2.45, 2.75) is 6.42 Å². The highest BCUT2D eigenvalue weighted by molar-refractivity contribution is 5.97. The van der Waals surface area contributed by atoms with Crippen LogP contribution in [0.3, 0.4) is 0 Å². The normalized spacial score (nSPS) is 10.5. The Labute approximate surface area is 91.6 Å². The zero-order valence-electron chi connectivity index (χ0n) is 8.55. The van der Waals surface area contributed by atoms with Gasteiger partial charge in [-0.25, -0.2) is 9.50 Å². The molecule has 0 aliphatic carbocycles. The maximum Gasteiger partial charge on any atom is 0.250 e. The molecule has 2 aromatic heterocycles. The SMILES string of the molecule is C=CCc1c(C(N)=O)cn2ncnc(N)c12. The zero-order valence-corrected chi connectivity index (χ0v) is 8.55. The molecule has 2 heterocycles. The lowest BCUT2D eigenvalue weighted by Gasteiger charge is -2.00. The summed E-state index contributed by atoms with van der Waals surface area (Å²) in [5, 5.41) is 3.97. The number of nitrogens with zero attached hydrogens (tertiary/aromatic N) is 3. The minimum Gasteiger partial charge on any atom is -0.382 e. The van der Waals surface area contributed by atoms with Crippen molar-refractivity contribution in [2.75, 3.05) is 5.73 Å². The third-order valence-electron chi connectivity index (χ3n) is 2.32. The lowest BCUT2D eigenvalue weighted by atomic mass is 10.1. The monoisotopic (exact) mass is 217 g/mol. The van der Waals surface area contributed by atoms with Crippen molar-refractivity contribution >= 4 is 17.2 Å². The number of amides is 1. The average Bonchev–Trinajstić information content (AvgIpc) is 2.59. The Morgan fingerprint density at radius 2 is 2.38 bits per heavy atom. The lowest BCUT2D eigenvalue weighted by molar-refractivity contribution is 0.0999. The maximum absolute atomic E-state index is 11.3. The Kier molecular flexibility index (Phi) is 2.32. The van der Waals surface area contributed by atoms with Gasteiger partial charge in [0.1, 0.15) is 11.8 Å². The molecule has 4 N–H and O–H groups in total. The van der Waals surface area contributed by atoms with Gasteiger partial charge in [0.2, 0.25) is 0 Å². The Balaban J connectivity index is 2.82. The molecule has 6 heteroatoms. The van der Waals surface area contributed by atoms with Gasteiger partial charge >= 0.3 is 0 Å². The van der Waals surface area contributed by atoms with Gasteiger partial charge in [0.15, 0.2) is 5.82 Å². The number of nitrogens with two attached hydrogens (primary N) is 2. The highest BCUT2D eigenvalue weighted by Crippen LogP contribution is 2.21. The van der Waals surface area contributed by atoms with E-state index in [2.05, 4.69) is 16.7 Å². The van der Waals surface area contributed by atoms with Gasteiger partial charge in [0.25, 0.3) is 5.91 Å². The number of fused-ring (bicyclic) bond motifs is 1. The molecule has 0 saturated carbocycles. The van der Waals surface area contributed by atoms with Crippen LogP contribution in [0.15, 0.2) is 25.2 Å².